The minimum atomic E-state index is -0.853. The largest absolute Gasteiger partial charge is 0.481 e. The first-order valence-electron chi connectivity index (χ1n) is 6.20. The van der Waals surface area contributed by atoms with Crippen molar-refractivity contribution in [3.05, 3.63) is 29.8 Å². The van der Waals surface area contributed by atoms with Gasteiger partial charge in [-0.1, -0.05) is 25.1 Å². The van der Waals surface area contributed by atoms with Gasteiger partial charge in [0.15, 0.2) is 0 Å². The topological polar surface area (TPSA) is 69.6 Å². The summed E-state index contributed by atoms with van der Waals surface area (Å²) in [6.07, 6.45) is 0.0500. The second kappa shape index (κ2) is 6.78. The summed E-state index contributed by atoms with van der Waals surface area (Å²) in [5.74, 6) is -0.944. The Morgan fingerprint density at radius 2 is 2.00 bits per heavy atom. The van der Waals surface area contributed by atoms with Crippen LogP contribution in [0, 0.1) is 12.8 Å². The van der Waals surface area contributed by atoms with Crippen LogP contribution in [0.15, 0.2) is 24.3 Å². The van der Waals surface area contributed by atoms with Gasteiger partial charge in [-0.15, -0.1) is 0 Å². The summed E-state index contributed by atoms with van der Waals surface area (Å²) in [5, 5.41) is 11.4. The molecule has 1 atom stereocenters. The average molecular weight is 264 g/mol. The van der Waals surface area contributed by atoms with E-state index in [1.54, 1.807) is 14.0 Å². The Hall–Kier alpha value is -2.04. The molecule has 5 heteroatoms. The number of carboxylic acids is 1. The molecule has 0 heterocycles. The molecule has 0 radical (unpaired) electrons. The van der Waals surface area contributed by atoms with Crippen molar-refractivity contribution in [3.63, 3.8) is 0 Å². The first-order valence-corrected chi connectivity index (χ1v) is 6.20. The van der Waals surface area contributed by atoms with Gasteiger partial charge in [0.25, 0.3) is 0 Å². The quantitative estimate of drug-likeness (QED) is 0.857. The molecule has 1 unspecified atom stereocenters. The van der Waals surface area contributed by atoms with Crippen molar-refractivity contribution in [3.8, 4) is 0 Å². The van der Waals surface area contributed by atoms with E-state index in [2.05, 4.69) is 5.32 Å². The zero-order valence-corrected chi connectivity index (χ0v) is 11.5. The minimum Gasteiger partial charge on any atom is -0.481 e. The number of para-hydroxylation sites is 1. The molecule has 0 aromatic heterocycles. The molecule has 0 aliphatic carbocycles. The molecule has 0 aliphatic rings. The SMILES string of the molecule is Cc1ccccc1N(C)C(=O)NCC(C)CC(=O)O. The summed E-state index contributed by atoms with van der Waals surface area (Å²) in [6.45, 7) is 4.08. The third kappa shape index (κ3) is 4.62. The van der Waals surface area contributed by atoms with E-state index < -0.39 is 5.97 Å². The second-order valence-electron chi connectivity index (χ2n) is 4.73. The fourth-order valence-corrected chi connectivity index (χ4v) is 1.80. The lowest BCUT2D eigenvalue weighted by Crippen LogP contribution is -2.39. The molecule has 1 aromatic rings. The predicted molar refractivity (Wildman–Crippen MR) is 74.4 cm³/mol. The Morgan fingerprint density at radius 1 is 1.37 bits per heavy atom. The molecular weight excluding hydrogens is 244 g/mol. The number of carbonyl (C=O) groups excluding carboxylic acids is 1. The Balaban J connectivity index is 2.54. The Bertz CT molecular complexity index is 460. The molecule has 5 nitrogen and oxygen atoms in total. The number of carboxylic acid groups (broad SMARTS) is 1. The molecule has 0 aliphatic heterocycles. The Labute approximate surface area is 113 Å². The molecule has 0 saturated heterocycles. The third-order valence-electron chi connectivity index (χ3n) is 2.91. The number of benzene rings is 1. The Kier molecular flexibility index (Phi) is 5.36. The number of hydrogen-bond donors (Lipinski definition) is 2. The van der Waals surface area contributed by atoms with Crippen LogP contribution in [0.3, 0.4) is 0 Å². The number of aliphatic carboxylic acids is 1. The van der Waals surface area contributed by atoms with E-state index in [4.69, 9.17) is 5.11 Å². The summed E-state index contributed by atoms with van der Waals surface area (Å²) in [5.41, 5.74) is 1.85. The normalized spacial score (nSPS) is 11.7. The highest BCUT2D eigenvalue weighted by atomic mass is 16.4. The van der Waals surface area contributed by atoms with E-state index >= 15 is 0 Å². The molecule has 2 amide bonds. The minimum absolute atomic E-state index is 0.0500. The van der Waals surface area contributed by atoms with Crippen molar-refractivity contribution in [1.82, 2.24) is 5.32 Å². The van der Waals surface area contributed by atoms with Gasteiger partial charge >= 0.3 is 12.0 Å². The molecule has 0 fully saturated rings. The monoisotopic (exact) mass is 264 g/mol. The Morgan fingerprint density at radius 3 is 2.58 bits per heavy atom. The van der Waals surface area contributed by atoms with Crippen LogP contribution in [0.2, 0.25) is 0 Å². The van der Waals surface area contributed by atoms with Gasteiger partial charge in [0.2, 0.25) is 0 Å². The van der Waals surface area contributed by atoms with Crippen molar-refractivity contribution in [2.24, 2.45) is 5.92 Å². The van der Waals surface area contributed by atoms with Crippen LogP contribution in [0.4, 0.5) is 10.5 Å². The highest BCUT2D eigenvalue weighted by Gasteiger charge is 2.14. The maximum atomic E-state index is 12.0. The number of anilines is 1. The van der Waals surface area contributed by atoms with Crippen molar-refractivity contribution < 1.29 is 14.7 Å². The van der Waals surface area contributed by atoms with Gasteiger partial charge in [-0.3, -0.25) is 9.69 Å². The lowest BCUT2D eigenvalue weighted by atomic mass is 10.1. The highest BCUT2D eigenvalue weighted by molar-refractivity contribution is 5.92. The van der Waals surface area contributed by atoms with Gasteiger partial charge in [-0.25, -0.2) is 4.79 Å². The number of aryl methyl sites for hydroxylation is 1. The number of amides is 2. The third-order valence-corrected chi connectivity index (χ3v) is 2.91. The molecule has 0 spiro atoms. The fourth-order valence-electron chi connectivity index (χ4n) is 1.80. The van der Waals surface area contributed by atoms with E-state index in [1.807, 2.05) is 31.2 Å². The summed E-state index contributed by atoms with van der Waals surface area (Å²) < 4.78 is 0. The molecular formula is C14H20N2O3. The summed E-state index contributed by atoms with van der Waals surface area (Å²) in [4.78, 5) is 24.0. The number of carbonyl (C=O) groups is 2. The molecule has 2 N–H and O–H groups in total. The molecule has 1 aromatic carbocycles. The molecule has 0 bridgehead atoms. The lowest BCUT2D eigenvalue weighted by molar-refractivity contribution is -0.137. The van der Waals surface area contributed by atoms with Crippen molar-refractivity contribution >= 4 is 17.7 Å². The van der Waals surface area contributed by atoms with Gasteiger partial charge in [0, 0.05) is 25.7 Å². The van der Waals surface area contributed by atoms with Gasteiger partial charge in [-0.05, 0) is 24.5 Å². The fraction of sp³-hybridized carbons (Fsp3) is 0.429. The van der Waals surface area contributed by atoms with Crippen molar-refractivity contribution in [2.75, 3.05) is 18.5 Å². The van der Waals surface area contributed by atoms with E-state index in [9.17, 15) is 9.59 Å². The lowest BCUT2D eigenvalue weighted by Gasteiger charge is -2.21. The van der Waals surface area contributed by atoms with E-state index in [-0.39, 0.29) is 18.4 Å². The van der Waals surface area contributed by atoms with Crippen molar-refractivity contribution in [1.29, 1.82) is 0 Å². The summed E-state index contributed by atoms with van der Waals surface area (Å²) in [7, 11) is 1.69. The van der Waals surface area contributed by atoms with Crippen LogP contribution in [0.1, 0.15) is 18.9 Å². The number of nitrogens with zero attached hydrogens (tertiary/aromatic N) is 1. The highest BCUT2D eigenvalue weighted by Crippen LogP contribution is 2.17. The van der Waals surface area contributed by atoms with Crippen LogP contribution in [0.25, 0.3) is 0 Å². The van der Waals surface area contributed by atoms with E-state index in [1.165, 1.54) is 4.90 Å². The van der Waals surface area contributed by atoms with Crippen LogP contribution in [-0.2, 0) is 4.79 Å². The van der Waals surface area contributed by atoms with E-state index in [0.717, 1.165) is 11.3 Å². The maximum Gasteiger partial charge on any atom is 0.321 e. The smallest absolute Gasteiger partial charge is 0.321 e. The van der Waals surface area contributed by atoms with Gasteiger partial charge in [0.05, 0.1) is 0 Å². The van der Waals surface area contributed by atoms with Crippen molar-refractivity contribution in [2.45, 2.75) is 20.3 Å². The van der Waals surface area contributed by atoms with Crippen LogP contribution in [0.5, 0.6) is 0 Å². The first kappa shape index (κ1) is 15.0. The van der Waals surface area contributed by atoms with Crippen LogP contribution in [-0.4, -0.2) is 30.7 Å². The van der Waals surface area contributed by atoms with Crippen LogP contribution < -0.4 is 10.2 Å². The standard InChI is InChI=1S/C14H20N2O3/c1-10(8-13(17)18)9-15-14(19)16(3)12-7-5-4-6-11(12)2/h4-7,10H,8-9H2,1-3H3,(H,15,19)(H,17,18). The number of hydrogen-bond acceptors (Lipinski definition) is 2. The summed E-state index contributed by atoms with van der Waals surface area (Å²) in [6, 6.07) is 7.37. The summed E-state index contributed by atoms with van der Waals surface area (Å²) >= 11 is 0. The molecule has 1 rings (SSSR count). The zero-order chi connectivity index (χ0) is 14.4. The van der Waals surface area contributed by atoms with Crippen LogP contribution >= 0.6 is 0 Å². The number of urea groups is 1. The average Bonchev–Trinajstić information content (AvgIpc) is 2.35. The number of rotatable bonds is 5. The second-order valence-corrected chi connectivity index (χ2v) is 4.73. The zero-order valence-electron chi connectivity index (χ0n) is 11.5. The predicted octanol–water partition coefficient (Wildman–Crippen LogP) is 2.25. The van der Waals surface area contributed by atoms with E-state index in [0.29, 0.717) is 6.54 Å². The van der Waals surface area contributed by atoms with Gasteiger partial charge in [-0.2, -0.15) is 0 Å². The maximum absolute atomic E-state index is 12.0. The molecule has 104 valence electrons. The molecule has 19 heavy (non-hydrogen) atoms. The number of nitrogens with one attached hydrogen (secondary N) is 1. The van der Waals surface area contributed by atoms with Gasteiger partial charge in [0.1, 0.15) is 0 Å². The molecule has 0 saturated carbocycles. The van der Waals surface area contributed by atoms with Gasteiger partial charge < -0.3 is 10.4 Å². The first-order chi connectivity index (χ1) is 8.91.